The standard InChI is InChI=1S/C18H19Cl2NO6/c1-3-11-8-17(11,21)15(23)27-9-18(25,16(24)26-4-2)14(22)10-5-12(19)7-13(20)6-10/h3,5-7,11,25H,1,4,8-9,21H2,2H3/t11-,17-,18+/m1/s1. The van der Waals surface area contributed by atoms with Crippen LogP contribution in [0.1, 0.15) is 23.7 Å². The van der Waals surface area contributed by atoms with Crippen molar-refractivity contribution in [2.24, 2.45) is 11.7 Å². The highest BCUT2D eigenvalue weighted by molar-refractivity contribution is 6.35. The minimum absolute atomic E-state index is 0.0992. The Morgan fingerprint density at radius 2 is 1.93 bits per heavy atom. The van der Waals surface area contributed by atoms with Crippen LogP contribution in [0.5, 0.6) is 0 Å². The number of esters is 2. The van der Waals surface area contributed by atoms with E-state index in [4.69, 9.17) is 38.4 Å². The molecule has 146 valence electrons. The highest BCUT2D eigenvalue weighted by Gasteiger charge is 2.58. The molecule has 9 heteroatoms. The molecule has 7 nitrogen and oxygen atoms in total. The molecule has 1 aromatic carbocycles. The van der Waals surface area contributed by atoms with Crippen LogP contribution in [0.3, 0.4) is 0 Å². The van der Waals surface area contributed by atoms with Gasteiger partial charge in [0.15, 0.2) is 0 Å². The van der Waals surface area contributed by atoms with Gasteiger partial charge in [-0.15, -0.1) is 6.58 Å². The third kappa shape index (κ3) is 4.32. The molecule has 0 aromatic heterocycles. The van der Waals surface area contributed by atoms with E-state index in [1.54, 1.807) is 0 Å². The normalized spacial score (nSPS) is 23.1. The number of aliphatic hydroxyl groups is 1. The molecule has 1 fully saturated rings. The molecule has 0 radical (unpaired) electrons. The van der Waals surface area contributed by atoms with E-state index in [1.807, 2.05) is 0 Å². The fraction of sp³-hybridized carbons (Fsp3) is 0.389. The van der Waals surface area contributed by atoms with E-state index >= 15 is 0 Å². The lowest BCUT2D eigenvalue weighted by atomic mass is 9.93. The first-order valence-electron chi connectivity index (χ1n) is 8.07. The SMILES string of the molecule is C=C[C@@H]1C[C@]1(N)C(=O)OC[C@@](O)(C(=O)OCC)C(=O)c1cc(Cl)cc(Cl)c1. The zero-order valence-corrected chi connectivity index (χ0v) is 16.0. The second kappa shape index (κ2) is 7.98. The van der Waals surface area contributed by atoms with Gasteiger partial charge in [0.2, 0.25) is 5.78 Å². The summed E-state index contributed by atoms with van der Waals surface area (Å²) in [5, 5.41) is 11.0. The quantitative estimate of drug-likeness (QED) is 0.288. The highest BCUT2D eigenvalue weighted by atomic mass is 35.5. The Morgan fingerprint density at radius 3 is 2.41 bits per heavy atom. The maximum Gasteiger partial charge on any atom is 0.350 e. The number of carbonyl (C=O) groups is 3. The molecule has 0 saturated heterocycles. The number of ether oxygens (including phenoxy) is 2. The third-order valence-corrected chi connectivity index (χ3v) is 4.69. The van der Waals surface area contributed by atoms with Crippen LogP contribution in [-0.2, 0) is 19.1 Å². The topological polar surface area (TPSA) is 116 Å². The van der Waals surface area contributed by atoms with Crippen molar-refractivity contribution in [2.45, 2.75) is 24.5 Å². The van der Waals surface area contributed by atoms with Crippen molar-refractivity contribution in [1.29, 1.82) is 0 Å². The Labute approximate surface area is 166 Å². The van der Waals surface area contributed by atoms with E-state index < -0.39 is 35.5 Å². The first-order valence-corrected chi connectivity index (χ1v) is 8.83. The predicted molar refractivity (Wildman–Crippen MR) is 98.6 cm³/mol. The van der Waals surface area contributed by atoms with Gasteiger partial charge < -0.3 is 20.3 Å². The van der Waals surface area contributed by atoms with Crippen LogP contribution in [0, 0.1) is 5.92 Å². The molecule has 0 amide bonds. The Kier molecular flexibility index (Phi) is 6.32. The monoisotopic (exact) mass is 415 g/mol. The van der Waals surface area contributed by atoms with Gasteiger partial charge in [-0.25, -0.2) is 4.79 Å². The molecule has 1 aliphatic carbocycles. The maximum absolute atomic E-state index is 12.8. The first kappa shape index (κ1) is 21.4. The van der Waals surface area contributed by atoms with Crippen molar-refractivity contribution < 1.29 is 29.0 Å². The summed E-state index contributed by atoms with van der Waals surface area (Å²) in [4.78, 5) is 37.2. The lowest BCUT2D eigenvalue weighted by molar-refractivity contribution is -0.169. The van der Waals surface area contributed by atoms with E-state index in [1.165, 1.54) is 31.2 Å². The Hall–Kier alpha value is -1.93. The van der Waals surface area contributed by atoms with Crippen molar-refractivity contribution in [3.63, 3.8) is 0 Å². The van der Waals surface area contributed by atoms with Gasteiger partial charge in [-0.05, 0) is 31.5 Å². The van der Waals surface area contributed by atoms with E-state index in [9.17, 15) is 19.5 Å². The molecule has 0 spiro atoms. The van der Waals surface area contributed by atoms with Crippen molar-refractivity contribution in [2.75, 3.05) is 13.2 Å². The maximum atomic E-state index is 12.8. The largest absolute Gasteiger partial charge is 0.463 e. The van der Waals surface area contributed by atoms with E-state index in [0.717, 1.165) is 0 Å². The lowest BCUT2D eigenvalue weighted by Gasteiger charge is -2.25. The van der Waals surface area contributed by atoms with Crippen LogP contribution in [0.25, 0.3) is 0 Å². The average Bonchev–Trinajstić information content (AvgIpc) is 3.30. The molecule has 27 heavy (non-hydrogen) atoms. The number of ketones is 1. The number of rotatable bonds is 8. The zero-order valence-electron chi connectivity index (χ0n) is 14.5. The number of Topliss-reactive ketones (excluding diaryl/α,β-unsaturated/α-hetero) is 1. The fourth-order valence-electron chi connectivity index (χ4n) is 2.53. The average molecular weight is 416 g/mol. The van der Waals surface area contributed by atoms with Gasteiger partial charge in [-0.2, -0.15) is 0 Å². The molecular weight excluding hydrogens is 397 g/mol. The number of benzene rings is 1. The molecule has 0 aliphatic heterocycles. The second-order valence-electron chi connectivity index (χ2n) is 6.23. The van der Waals surface area contributed by atoms with Gasteiger partial charge in [-0.3, -0.25) is 9.59 Å². The molecule has 2 rings (SSSR count). The van der Waals surface area contributed by atoms with Gasteiger partial charge in [0.05, 0.1) is 6.61 Å². The summed E-state index contributed by atoms with van der Waals surface area (Å²) in [6.07, 6.45) is 1.84. The Morgan fingerprint density at radius 1 is 1.33 bits per heavy atom. The molecule has 3 N–H and O–H groups in total. The molecule has 0 heterocycles. The molecule has 3 atom stereocenters. The molecular formula is C18H19Cl2NO6. The number of nitrogens with two attached hydrogens (primary N) is 1. The van der Waals surface area contributed by atoms with Crippen molar-refractivity contribution in [1.82, 2.24) is 0 Å². The fourth-order valence-corrected chi connectivity index (χ4v) is 3.06. The number of carbonyl (C=O) groups excluding carboxylic acids is 3. The zero-order chi connectivity index (χ0) is 20.4. The summed E-state index contributed by atoms with van der Waals surface area (Å²) in [5.74, 6) is -3.46. The summed E-state index contributed by atoms with van der Waals surface area (Å²) in [6.45, 7) is 3.99. The van der Waals surface area contributed by atoms with Crippen LogP contribution in [-0.4, -0.2) is 47.2 Å². The molecule has 1 aromatic rings. The number of halogens is 2. The summed E-state index contributed by atoms with van der Waals surface area (Å²) < 4.78 is 9.76. The summed E-state index contributed by atoms with van der Waals surface area (Å²) in [5.41, 5.74) is 1.68. The van der Waals surface area contributed by atoms with Crippen LogP contribution < -0.4 is 5.73 Å². The molecule has 1 saturated carbocycles. The third-order valence-electron chi connectivity index (χ3n) is 4.25. The minimum atomic E-state index is -2.77. The lowest BCUT2D eigenvalue weighted by Crippen LogP contribution is -2.53. The summed E-state index contributed by atoms with van der Waals surface area (Å²) in [6, 6.07) is 3.83. The smallest absolute Gasteiger partial charge is 0.350 e. The van der Waals surface area contributed by atoms with Crippen molar-refractivity contribution >= 4 is 40.9 Å². The molecule has 1 aliphatic rings. The van der Waals surface area contributed by atoms with Gasteiger partial charge in [0.25, 0.3) is 5.60 Å². The van der Waals surface area contributed by atoms with E-state index in [0.29, 0.717) is 6.42 Å². The Bertz CT molecular complexity index is 778. The van der Waals surface area contributed by atoms with Crippen molar-refractivity contribution in [3.05, 3.63) is 46.5 Å². The predicted octanol–water partition coefficient (Wildman–Crippen LogP) is 1.92. The Balaban J connectivity index is 2.26. The molecule has 0 unspecified atom stereocenters. The minimum Gasteiger partial charge on any atom is -0.463 e. The summed E-state index contributed by atoms with van der Waals surface area (Å²) >= 11 is 11.7. The van der Waals surface area contributed by atoms with Gasteiger partial charge in [0, 0.05) is 21.5 Å². The second-order valence-corrected chi connectivity index (χ2v) is 7.10. The highest BCUT2D eigenvalue weighted by Crippen LogP contribution is 2.42. The van der Waals surface area contributed by atoms with Crippen LogP contribution in [0.15, 0.2) is 30.9 Å². The number of hydrogen-bond donors (Lipinski definition) is 2. The van der Waals surface area contributed by atoms with Crippen molar-refractivity contribution in [3.8, 4) is 0 Å². The molecule has 0 bridgehead atoms. The van der Waals surface area contributed by atoms with Gasteiger partial charge in [-0.1, -0.05) is 29.3 Å². The first-order chi connectivity index (χ1) is 12.6. The van der Waals surface area contributed by atoms with Crippen LogP contribution in [0.4, 0.5) is 0 Å². The van der Waals surface area contributed by atoms with Gasteiger partial charge >= 0.3 is 11.9 Å². The van der Waals surface area contributed by atoms with Crippen LogP contribution in [0.2, 0.25) is 10.0 Å². The van der Waals surface area contributed by atoms with Crippen LogP contribution >= 0.6 is 23.2 Å². The number of hydrogen-bond acceptors (Lipinski definition) is 7. The van der Waals surface area contributed by atoms with Gasteiger partial charge in [0.1, 0.15) is 12.1 Å². The van der Waals surface area contributed by atoms with E-state index in [-0.39, 0.29) is 28.1 Å². The van der Waals surface area contributed by atoms with E-state index in [2.05, 4.69) is 6.58 Å². The summed E-state index contributed by atoms with van der Waals surface area (Å²) in [7, 11) is 0.